The maximum absolute atomic E-state index is 12.9. The summed E-state index contributed by atoms with van der Waals surface area (Å²) in [5.74, 6) is -1.41. The molecule has 79 heavy (non-hydrogen) atoms. The first kappa shape index (κ1) is 77.1. The van der Waals surface area contributed by atoms with Crippen molar-refractivity contribution >= 4 is 39.5 Å². The molecule has 0 aliphatic heterocycles. The van der Waals surface area contributed by atoms with E-state index < -0.39 is 97.5 Å². The predicted molar refractivity (Wildman–Crippen MR) is 312 cm³/mol. The number of aliphatic hydroxyl groups excluding tert-OH is 1. The average molecular weight is 1170 g/mol. The molecule has 0 amide bonds. The van der Waals surface area contributed by atoms with Crippen molar-refractivity contribution < 1.29 is 80.2 Å². The van der Waals surface area contributed by atoms with Gasteiger partial charge in [0.25, 0.3) is 0 Å². The summed E-state index contributed by atoms with van der Waals surface area (Å²) in [6.45, 7) is 7.07. The van der Waals surface area contributed by atoms with Crippen LogP contribution in [0.4, 0.5) is 0 Å². The summed E-state index contributed by atoms with van der Waals surface area (Å²) in [6.07, 6.45) is 36.3. The van der Waals surface area contributed by atoms with E-state index in [0.717, 1.165) is 115 Å². The summed E-state index contributed by atoms with van der Waals surface area (Å²) < 4.78 is 67.7. The zero-order valence-electron chi connectivity index (χ0n) is 50.5. The molecule has 3 unspecified atom stereocenters. The third-order valence-corrected chi connectivity index (χ3v) is 16.0. The summed E-state index contributed by atoms with van der Waals surface area (Å²) in [5, 5.41) is 10.5. The quantitative estimate of drug-likeness (QED) is 0.0222. The zero-order chi connectivity index (χ0) is 58.5. The first-order valence-corrected chi connectivity index (χ1v) is 34.7. The number of hydrogen-bond acceptors (Lipinski definition) is 15. The van der Waals surface area contributed by atoms with E-state index in [1.54, 1.807) is 0 Å². The summed E-state index contributed by atoms with van der Waals surface area (Å²) in [5.41, 5.74) is 0. The summed E-state index contributed by atoms with van der Waals surface area (Å²) in [4.78, 5) is 71.9. The number of esters is 4. The number of ether oxygens (including phenoxy) is 4. The smallest absolute Gasteiger partial charge is 0.462 e. The monoisotopic (exact) mass is 1170 g/mol. The van der Waals surface area contributed by atoms with Crippen LogP contribution in [0.2, 0.25) is 0 Å². The molecule has 0 bridgehead atoms. The number of aliphatic hydroxyl groups is 1. The Morgan fingerprint density at radius 1 is 0.354 bits per heavy atom. The maximum Gasteiger partial charge on any atom is 0.472 e. The fourth-order valence-corrected chi connectivity index (χ4v) is 10.4. The van der Waals surface area contributed by atoms with E-state index in [2.05, 4.69) is 34.6 Å². The second-order valence-electron chi connectivity index (χ2n) is 22.0. The molecule has 0 aromatic rings. The van der Waals surface area contributed by atoms with Gasteiger partial charge in [-0.1, -0.05) is 247 Å². The van der Waals surface area contributed by atoms with Crippen LogP contribution >= 0.6 is 15.6 Å². The summed E-state index contributed by atoms with van der Waals surface area (Å²) in [7, 11) is -9.87. The van der Waals surface area contributed by atoms with Crippen LogP contribution in [0, 0.1) is 5.92 Å². The standard InChI is InChI=1S/C60H116O17P2/c1-6-10-13-16-19-21-22-23-24-26-29-36-41-46-60(65)77-56(50-71-58(63)44-39-34-31-30-32-37-42-53(5)9-4)52-75-79(68,69)73-48-54(61)47-72-78(66,67)74-51-55(49-70-57(62)43-38-33-27-18-15-12-8-3)76-59(64)45-40-35-28-25-20-17-14-11-7-2/h53-56,61H,6-52H2,1-5H3,(H,66,67)(H,68,69)/t53?,54-,55+,56+/m0/s1. The third-order valence-electron chi connectivity index (χ3n) is 14.1. The second-order valence-corrected chi connectivity index (χ2v) is 24.9. The first-order valence-electron chi connectivity index (χ1n) is 31.7. The summed E-state index contributed by atoms with van der Waals surface area (Å²) >= 11 is 0. The highest BCUT2D eigenvalue weighted by Crippen LogP contribution is 2.45. The molecule has 6 atom stereocenters. The lowest BCUT2D eigenvalue weighted by atomic mass is 10.00. The lowest BCUT2D eigenvalue weighted by Crippen LogP contribution is -2.30. The van der Waals surface area contributed by atoms with Crippen molar-refractivity contribution in [3.05, 3.63) is 0 Å². The molecule has 0 radical (unpaired) electrons. The van der Waals surface area contributed by atoms with Gasteiger partial charge in [-0.25, -0.2) is 9.13 Å². The van der Waals surface area contributed by atoms with Gasteiger partial charge < -0.3 is 33.8 Å². The minimum absolute atomic E-state index is 0.105. The maximum atomic E-state index is 12.9. The van der Waals surface area contributed by atoms with E-state index in [4.69, 9.17) is 37.0 Å². The average Bonchev–Trinajstić information content (AvgIpc) is 3.42. The third kappa shape index (κ3) is 53.8. The Kier molecular flexibility index (Phi) is 52.7. The van der Waals surface area contributed by atoms with Gasteiger partial charge in [0.1, 0.15) is 19.3 Å². The van der Waals surface area contributed by atoms with Crippen LogP contribution in [-0.4, -0.2) is 96.7 Å². The number of hydrogen-bond donors (Lipinski definition) is 3. The van der Waals surface area contributed by atoms with Crippen LogP contribution in [-0.2, 0) is 65.4 Å². The topological polar surface area (TPSA) is 237 Å². The Morgan fingerprint density at radius 3 is 0.899 bits per heavy atom. The molecular weight excluding hydrogens is 1050 g/mol. The van der Waals surface area contributed by atoms with E-state index in [1.165, 1.54) is 103 Å². The molecule has 0 aromatic heterocycles. The van der Waals surface area contributed by atoms with E-state index >= 15 is 0 Å². The molecule has 0 fully saturated rings. The van der Waals surface area contributed by atoms with Crippen molar-refractivity contribution in [2.45, 2.75) is 316 Å². The lowest BCUT2D eigenvalue weighted by molar-refractivity contribution is -0.161. The number of carbonyl (C=O) groups is 4. The van der Waals surface area contributed by atoms with Crippen molar-refractivity contribution in [1.82, 2.24) is 0 Å². The fraction of sp³-hybridized carbons (Fsp3) is 0.933. The second kappa shape index (κ2) is 54.0. The SMILES string of the molecule is CCCCCCCCCCCCCCCC(=O)O[C@H](COC(=O)CCCCCCCCC(C)CC)COP(=O)(O)OC[C@@H](O)COP(=O)(O)OC[C@@H](COC(=O)CCCCCCCCC)OC(=O)CCCCCCCCCCC. The van der Waals surface area contributed by atoms with Crippen molar-refractivity contribution in [3.63, 3.8) is 0 Å². The fourth-order valence-electron chi connectivity index (χ4n) is 8.84. The summed E-state index contributed by atoms with van der Waals surface area (Å²) in [6, 6.07) is 0. The zero-order valence-corrected chi connectivity index (χ0v) is 52.3. The largest absolute Gasteiger partial charge is 0.472 e. The number of rotatable bonds is 60. The van der Waals surface area contributed by atoms with Crippen molar-refractivity contribution in [1.29, 1.82) is 0 Å². The van der Waals surface area contributed by atoms with Gasteiger partial charge in [0.15, 0.2) is 12.2 Å². The van der Waals surface area contributed by atoms with Crippen LogP contribution in [0.3, 0.4) is 0 Å². The Hall–Kier alpha value is -1.94. The van der Waals surface area contributed by atoms with Gasteiger partial charge in [-0.3, -0.25) is 37.3 Å². The molecule has 0 rings (SSSR count). The molecular formula is C60H116O17P2. The molecule has 3 N–H and O–H groups in total. The molecule has 0 spiro atoms. The van der Waals surface area contributed by atoms with Crippen LogP contribution in [0.5, 0.6) is 0 Å². The van der Waals surface area contributed by atoms with Crippen LogP contribution in [0.1, 0.15) is 298 Å². The van der Waals surface area contributed by atoms with Crippen molar-refractivity contribution in [3.8, 4) is 0 Å². The Bertz CT molecular complexity index is 1550. The molecule has 0 saturated heterocycles. The van der Waals surface area contributed by atoms with Gasteiger partial charge in [-0.05, 0) is 31.6 Å². The van der Waals surface area contributed by atoms with Crippen LogP contribution < -0.4 is 0 Å². The van der Waals surface area contributed by atoms with E-state index in [0.29, 0.717) is 25.7 Å². The van der Waals surface area contributed by atoms with Gasteiger partial charge >= 0.3 is 39.5 Å². The Balaban J connectivity index is 5.21. The number of phosphoric ester groups is 2. The first-order chi connectivity index (χ1) is 38.1. The number of phosphoric acid groups is 2. The molecule has 0 saturated carbocycles. The highest BCUT2D eigenvalue weighted by molar-refractivity contribution is 7.47. The van der Waals surface area contributed by atoms with Gasteiger partial charge in [0, 0.05) is 25.7 Å². The van der Waals surface area contributed by atoms with Crippen LogP contribution in [0.25, 0.3) is 0 Å². The van der Waals surface area contributed by atoms with Gasteiger partial charge in [0.05, 0.1) is 26.4 Å². The van der Waals surface area contributed by atoms with Gasteiger partial charge in [-0.15, -0.1) is 0 Å². The van der Waals surface area contributed by atoms with Crippen molar-refractivity contribution in [2.24, 2.45) is 5.92 Å². The molecule has 0 aromatic carbocycles. The Morgan fingerprint density at radius 2 is 0.608 bits per heavy atom. The highest BCUT2D eigenvalue weighted by atomic mass is 31.2. The molecule has 0 aliphatic carbocycles. The Labute approximate surface area is 479 Å². The predicted octanol–water partition coefficient (Wildman–Crippen LogP) is 16.2. The lowest BCUT2D eigenvalue weighted by Gasteiger charge is -2.21. The van der Waals surface area contributed by atoms with E-state index in [-0.39, 0.29) is 25.7 Å². The molecule has 0 aliphatic rings. The van der Waals surface area contributed by atoms with E-state index in [1.807, 2.05) is 0 Å². The number of carbonyl (C=O) groups excluding carboxylic acids is 4. The highest BCUT2D eigenvalue weighted by Gasteiger charge is 2.30. The number of unbranched alkanes of at least 4 members (excludes halogenated alkanes) is 31. The van der Waals surface area contributed by atoms with Crippen LogP contribution in [0.15, 0.2) is 0 Å². The minimum atomic E-state index is -4.94. The minimum Gasteiger partial charge on any atom is -0.462 e. The van der Waals surface area contributed by atoms with Gasteiger partial charge in [-0.2, -0.15) is 0 Å². The van der Waals surface area contributed by atoms with E-state index in [9.17, 15) is 43.2 Å². The molecule has 468 valence electrons. The molecule has 0 heterocycles. The van der Waals surface area contributed by atoms with Crippen molar-refractivity contribution in [2.75, 3.05) is 39.6 Å². The molecule has 17 nitrogen and oxygen atoms in total. The molecule has 19 heteroatoms. The normalized spacial score (nSPS) is 14.7. The van der Waals surface area contributed by atoms with Gasteiger partial charge in [0.2, 0.25) is 0 Å².